The second-order valence-corrected chi connectivity index (χ2v) is 5.72. The topological polar surface area (TPSA) is 84.9 Å². The van der Waals surface area contributed by atoms with E-state index < -0.39 is 5.97 Å². The van der Waals surface area contributed by atoms with Gasteiger partial charge in [0.05, 0.1) is 12.7 Å². The summed E-state index contributed by atoms with van der Waals surface area (Å²) in [7, 11) is 1.49. The molecule has 1 saturated heterocycles. The van der Waals surface area contributed by atoms with Crippen LogP contribution in [0, 0.1) is 0 Å². The summed E-state index contributed by atoms with van der Waals surface area (Å²) in [6, 6.07) is 8.87. The number of anilines is 1. The zero-order valence-corrected chi connectivity index (χ0v) is 14.5. The summed E-state index contributed by atoms with van der Waals surface area (Å²) in [5.41, 5.74) is 0.276. The number of methoxy groups -OCH3 is 1. The Labute approximate surface area is 151 Å². The van der Waals surface area contributed by atoms with E-state index in [0.717, 1.165) is 5.82 Å². The second kappa shape index (κ2) is 8.28. The molecule has 1 aliphatic rings. The average Bonchev–Trinajstić information content (AvgIpc) is 2.72. The minimum atomic E-state index is -0.583. The van der Waals surface area contributed by atoms with Gasteiger partial charge in [-0.05, 0) is 18.2 Å². The van der Waals surface area contributed by atoms with Crippen LogP contribution >= 0.6 is 0 Å². The number of piperazine rings is 1. The highest BCUT2D eigenvalue weighted by Crippen LogP contribution is 2.13. The third-order valence-corrected chi connectivity index (χ3v) is 4.11. The van der Waals surface area contributed by atoms with Crippen LogP contribution < -0.4 is 9.64 Å². The first-order chi connectivity index (χ1) is 12.7. The molecule has 26 heavy (non-hydrogen) atoms. The lowest BCUT2D eigenvalue weighted by Gasteiger charge is -2.35. The lowest BCUT2D eigenvalue weighted by atomic mass is 10.3. The van der Waals surface area contributed by atoms with Crippen molar-refractivity contribution < 1.29 is 19.1 Å². The first-order valence-corrected chi connectivity index (χ1v) is 8.28. The summed E-state index contributed by atoms with van der Waals surface area (Å²) in [6.07, 6.45) is 3.11. The van der Waals surface area contributed by atoms with Gasteiger partial charge in [0.1, 0.15) is 5.82 Å². The summed E-state index contributed by atoms with van der Waals surface area (Å²) in [6.45, 7) is 2.24. The predicted octanol–water partition coefficient (Wildman–Crippen LogP) is 0.991. The monoisotopic (exact) mass is 356 g/mol. The standard InChI is InChI=1S/C18H20N4O4/c1-25-16-6-5-14(12-20-16)18(24)26-13-17(23)22-10-8-21(9-11-22)15-4-2-3-7-19-15/h2-7,12H,8-11,13H2,1H3. The largest absolute Gasteiger partial charge is 0.481 e. The van der Waals surface area contributed by atoms with Crippen LogP contribution in [0.15, 0.2) is 42.7 Å². The van der Waals surface area contributed by atoms with Crippen molar-refractivity contribution in [3.05, 3.63) is 48.3 Å². The molecule has 2 aromatic heterocycles. The molecule has 3 heterocycles. The first kappa shape index (κ1) is 17.7. The van der Waals surface area contributed by atoms with Crippen LogP contribution in [0.4, 0.5) is 5.82 Å². The van der Waals surface area contributed by atoms with E-state index in [2.05, 4.69) is 14.9 Å². The molecule has 0 unspecified atom stereocenters. The summed E-state index contributed by atoms with van der Waals surface area (Å²) < 4.78 is 10.0. The Morgan fingerprint density at radius 3 is 2.50 bits per heavy atom. The highest BCUT2D eigenvalue weighted by Gasteiger charge is 2.22. The maximum Gasteiger partial charge on any atom is 0.340 e. The van der Waals surface area contributed by atoms with Crippen molar-refractivity contribution in [2.45, 2.75) is 0 Å². The number of aromatic nitrogens is 2. The molecule has 8 heteroatoms. The van der Waals surface area contributed by atoms with E-state index >= 15 is 0 Å². The number of hydrogen-bond donors (Lipinski definition) is 0. The Morgan fingerprint density at radius 1 is 1.08 bits per heavy atom. The summed E-state index contributed by atoms with van der Waals surface area (Å²) in [5, 5.41) is 0. The van der Waals surface area contributed by atoms with Gasteiger partial charge in [0.25, 0.3) is 5.91 Å². The zero-order valence-electron chi connectivity index (χ0n) is 14.5. The summed E-state index contributed by atoms with van der Waals surface area (Å²) in [5.74, 6) is 0.516. The number of hydrogen-bond acceptors (Lipinski definition) is 7. The SMILES string of the molecule is COc1ccc(C(=O)OCC(=O)N2CCN(c3ccccn3)CC2)cn1. The van der Waals surface area contributed by atoms with Crippen LogP contribution in [0.25, 0.3) is 0 Å². The third kappa shape index (κ3) is 4.27. The zero-order chi connectivity index (χ0) is 18.4. The number of carbonyl (C=O) groups excluding carboxylic acids is 2. The van der Waals surface area contributed by atoms with Gasteiger partial charge in [-0.15, -0.1) is 0 Å². The van der Waals surface area contributed by atoms with Crippen molar-refractivity contribution in [2.24, 2.45) is 0 Å². The molecule has 0 radical (unpaired) electrons. The minimum Gasteiger partial charge on any atom is -0.481 e. The van der Waals surface area contributed by atoms with Gasteiger partial charge in [0, 0.05) is 44.6 Å². The Hall–Kier alpha value is -3.16. The van der Waals surface area contributed by atoms with E-state index in [1.807, 2.05) is 18.2 Å². The second-order valence-electron chi connectivity index (χ2n) is 5.72. The molecular formula is C18H20N4O4. The van der Waals surface area contributed by atoms with Gasteiger partial charge in [-0.1, -0.05) is 6.07 Å². The molecule has 0 atom stereocenters. The predicted molar refractivity (Wildman–Crippen MR) is 94.1 cm³/mol. The van der Waals surface area contributed by atoms with E-state index in [-0.39, 0.29) is 18.1 Å². The lowest BCUT2D eigenvalue weighted by Crippen LogP contribution is -2.50. The number of amides is 1. The molecule has 1 fully saturated rings. The molecule has 0 aromatic carbocycles. The van der Waals surface area contributed by atoms with E-state index in [1.165, 1.54) is 13.3 Å². The van der Waals surface area contributed by atoms with Crippen molar-refractivity contribution in [3.63, 3.8) is 0 Å². The fraction of sp³-hybridized carbons (Fsp3) is 0.333. The van der Waals surface area contributed by atoms with Gasteiger partial charge in [-0.25, -0.2) is 14.8 Å². The van der Waals surface area contributed by atoms with Crippen molar-refractivity contribution >= 4 is 17.7 Å². The highest BCUT2D eigenvalue weighted by molar-refractivity contribution is 5.91. The quantitative estimate of drug-likeness (QED) is 0.739. The molecule has 1 amide bonds. The fourth-order valence-corrected chi connectivity index (χ4v) is 2.65. The summed E-state index contributed by atoms with van der Waals surface area (Å²) in [4.78, 5) is 36.3. The molecular weight excluding hydrogens is 336 g/mol. The van der Waals surface area contributed by atoms with Crippen LogP contribution in [-0.2, 0) is 9.53 Å². The molecule has 3 rings (SSSR count). The smallest absolute Gasteiger partial charge is 0.340 e. The molecule has 0 saturated carbocycles. The highest BCUT2D eigenvalue weighted by atomic mass is 16.5. The molecule has 8 nitrogen and oxygen atoms in total. The molecule has 1 aliphatic heterocycles. The van der Waals surface area contributed by atoms with Crippen LogP contribution in [0.5, 0.6) is 5.88 Å². The van der Waals surface area contributed by atoms with E-state index in [1.54, 1.807) is 23.2 Å². The van der Waals surface area contributed by atoms with Gasteiger partial charge < -0.3 is 19.3 Å². The number of nitrogens with zero attached hydrogens (tertiary/aromatic N) is 4. The van der Waals surface area contributed by atoms with Crippen LogP contribution in [-0.4, -0.2) is 66.6 Å². The Bertz CT molecular complexity index is 744. The first-order valence-electron chi connectivity index (χ1n) is 8.28. The maximum atomic E-state index is 12.3. The minimum absolute atomic E-state index is 0.208. The van der Waals surface area contributed by atoms with Crippen LogP contribution in [0.3, 0.4) is 0 Å². The van der Waals surface area contributed by atoms with Gasteiger partial charge >= 0.3 is 5.97 Å². The average molecular weight is 356 g/mol. The number of rotatable bonds is 5. The van der Waals surface area contributed by atoms with Crippen LogP contribution in [0.2, 0.25) is 0 Å². The van der Waals surface area contributed by atoms with Crippen molar-refractivity contribution in [1.82, 2.24) is 14.9 Å². The maximum absolute atomic E-state index is 12.3. The molecule has 0 aliphatic carbocycles. The normalized spacial score (nSPS) is 14.0. The Morgan fingerprint density at radius 2 is 1.88 bits per heavy atom. The van der Waals surface area contributed by atoms with E-state index in [9.17, 15) is 9.59 Å². The Balaban J connectivity index is 1.46. The van der Waals surface area contributed by atoms with E-state index in [0.29, 0.717) is 32.1 Å². The number of ether oxygens (including phenoxy) is 2. The van der Waals surface area contributed by atoms with Gasteiger partial charge in [0.2, 0.25) is 5.88 Å². The van der Waals surface area contributed by atoms with E-state index in [4.69, 9.17) is 9.47 Å². The third-order valence-electron chi connectivity index (χ3n) is 4.11. The summed E-state index contributed by atoms with van der Waals surface area (Å²) >= 11 is 0. The van der Waals surface area contributed by atoms with Gasteiger partial charge in [-0.3, -0.25) is 4.79 Å². The number of pyridine rings is 2. The van der Waals surface area contributed by atoms with Gasteiger partial charge in [0.15, 0.2) is 6.61 Å². The Kier molecular flexibility index (Phi) is 5.62. The number of carbonyl (C=O) groups is 2. The van der Waals surface area contributed by atoms with Crippen molar-refractivity contribution in [2.75, 3.05) is 44.8 Å². The van der Waals surface area contributed by atoms with Crippen LogP contribution in [0.1, 0.15) is 10.4 Å². The molecule has 136 valence electrons. The lowest BCUT2D eigenvalue weighted by molar-refractivity contribution is -0.134. The fourth-order valence-electron chi connectivity index (χ4n) is 2.65. The molecule has 0 bridgehead atoms. The molecule has 0 N–H and O–H groups in total. The van der Waals surface area contributed by atoms with Crippen molar-refractivity contribution in [1.29, 1.82) is 0 Å². The van der Waals surface area contributed by atoms with Gasteiger partial charge in [-0.2, -0.15) is 0 Å². The molecule has 2 aromatic rings. The molecule has 0 spiro atoms. The van der Waals surface area contributed by atoms with Crippen molar-refractivity contribution in [3.8, 4) is 5.88 Å². The number of esters is 1.